The molecule has 2 aromatic rings. The minimum absolute atomic E-state index is 0.106. The molecule has 2 aromatic carbocycles. The van der Waals surface area contributed by atoms with E-state index in [1.165, 1.54) is 19.0 Å². The van der Waals surface area contributed by atoms with Crippen molar-refractivity contribution in [1.82, 2.24) is 14.5 Å². The summed E-state index contributed by atoms with van der Waals surface area (Å²) in [5.74, 6) is -0.172. The fourth-order valence-electron chi connectivity index (χ4n) is 4.03. The maximum atomic E-state index is 14.0. The maximum absolute atomic E-state index is 14.0. The number of carbonyl (C=O) groups is 2. The van der Waals surface area contributed by atoms with Crippen LogP contribution < -0.4 is 14.4 Å². The zero-order valence-corrected chi connectivity index (χ0v) is 24.8. The van der Waals surface area contributed by atoms with Gasteiger partial charge in [-0.15, -0.1) is 0 Å². The molecular formula is C28H42N4O5S. The van der Waals surface area contributed by atoms with Gasteiger partial charge in [-0.3, -0.25) is 9.59 Å². The van der Waals surface area contributed by atoms with Crippen LogP contribution in [0.15, 0.2) is 42.5 Å². The van der Waals surface area contributed by atoms with E-state index in [0.29, 0.717) is 23.4 Å². The first-order valence-corrected chi connectivity index (χ1v) is 14.0. The molecule has 210 valence electrons. The summed E-state index contributed by atoms with van der Waals surface area (Å²) >= 11 is 0. The van der Waals surface area contributed by atoms with Crippen LogP contribution in [0.2, 0.25) is 0 Å². The van der Waals surface area contributed by atoms with Gasteiger partial charge in [-0.2, -0.15) is 12.7 Å². The molecule has 10 heteroatoms. The standard InChI is InChI=1S/C28H42N4O5S/c1-10-24(27(34)29-28(4,5)6)31(18-22-12-11-13-23(17-22)37-9)26(33)19-32(38(35,36)30(7)8)25-16-20(2)14-15-21(25)3/h11-17,24H,10,18-19H2,1-9H3,(H,29,34)/t24-/m0/s1. The number of benzene rings is 2. The van der Waals surface area contributed by atoms with Crippen molar-refractivity contribution in [2.75, 3.05) is 32.1 Å². The van der Waals surface area contributed by atoms with E-state index in [9.17, 15) is 18.0 Å². The van der Waals surface area contributed by atoms with Crippen LogP contribution in [0, 0.1) is 13.8 Å². The number of methoxy groups -OCH3 is 1. The van der Waals surface area contributed by atoms with Crippen LogP contribution in [0.25, 0.3) is 0 Å². The highest BCUT2D eigenvalue weighted by Crippen LogP contribution is 2.26. The molecule has 0 spiro atoms. The second kappa shape index (κ2) is 12.6. The van der Waals surface area contributed by atoms with Crippen molar-refractivity contribution in [3.63, 3.8) is 0 Å². The minimum atomic E-state index is -4.03. The summed E-state index contributed by atoms with van der Waals surface area (Å²) in [6.45, 7) is 10.8. The lowest BCUT2D eigenvalue weighted by Gasteiger charge is -2.35. The van der Waals surface area contributed by atoms with Crippen molar-refractivity contribution in [2.45, 2.75) is 66.1 Å². The van der Waals surface area contributed by atoms with Crippen molar-refractivity contribution in [3.05, 3.63) is 59.2 Å². The Labute approximate surface area is 227 Å². The van der Waals surface area contributed by atoms with Gasteiger partial charge in [0.2, 0.25) is 11.8 Å². The predicted molar refractivity (Wildman–Crippen MR) is 151 cm³/mol. The van der Waals surface area contributed by atoms with Crippen LogP contribution in [-0.4, -0.2) is 68.8 Å². The van der Waals surface area contributed by atoms with Crippen molar-refractivity contribution in [1.29, 1.82) is 0 Å². The molecule has 9 nitrogen and oxygen atoms in total. The van der Waals surface area contributed by atoms with Crippen molar-refractivity contribution in [3.8, 4) is 5.75 Å². The van der Waals surface area contributed by atoms with Gasteiger partial charge >= 0.3 is 10.2 Å². The smallest absolute Gasteiger partial charge is 0.304 e. The van der Waals surface area contributed by atoms with E-state index in [-0.39, 0.29) is 12.5 Å². The Balaban J connectivity index is 2.59. The maximum Gasteiger partial charge on any atom is 0.304 e. The number of amides is 2. The van der Waals surface area contributed by atoms with Crippen molar-refractivity contribution in [2.24, 2.45) is 0 Å². The van der Waals surface area contributed by atoms with E-state index in [1.54, 1.807) is 32.2 Å². The highest BCUT2D eigenvalue weighted by atomic mass is 32.2. The summed E-state index contributed by atoms with van der Waals surface area (Å²) in [6.07, 6.45) is 0.349. The molecule has 0 unspecified atom stereocenters. The van der Waals surface area contributed by atoms with E-state index >= 15 is 0 Å². The average molecular weight is 547 g/mol. The van der Waals surface area contributed by atoms with Crippen LogP contribution in [0.3, 0.4) is 0 Å². The van der Waals surface area contributed by atoms with E-state index in [1.807, 2.05) is 58.9 Å². The molecule has 0 aliphatic carbocycles. The molecule has 38 heavy (non-hydrogen) atoms. The van der Waals surface area contributed by atoms with Gasteiger partial charge in [0.25, 0.3) is 0 Å². The van der Waals surface area contributed by atoms with Gasteiger partial charge in [0.05, 0.1) is 12.8 Å². The third kappa shape index (κ3) is 7.94. The predicted octanol–water partition coefficient (Wildman–Crippen LogP) is 3.65. The lowest BCUT2D eigenvalue weighted by molar-refractivity contribution is -0.141. The molecule has 0 heterocycles. The second-order valence-corrected chi connectivity index (χ2v) is 12.7. The van der Waals surface area contributed by atoms with E-state index in [4.69, 9.17) is 4.74 Å². The van der Waals surface area contributed by atoms with Gasteiger partial charge in [0, 0.05) is 26.2 Å². The van der Waals surface area contributed by atoms with E-state index in [0.717, 1.165) is 19.7 Å². The summed E-state index contributed by atoms with van der Waals surface area (Å²) in [4.78, 5) is 28.8. The topological polar surface area (TPSA) is 99.3 Å². The fourth-order valence-corrected chi connectivity index (χ4v) is 5.14. The van der Waals surface area contributed by atoms with E-state index in [2.05, 4.69) is 5.32 Å². The molecule has 0 aromatic heterocycles. The summed E-state index contributed by atoms with van der Waals surface area (Å²) in [6, 6.07) is 11.9. The van der Waals surface area contributed by atoms with Crippen LogP contribution in [0.5, 0.6) is 5.75 Å². The molecule has 0 fully saturated rings. The highest BCUT2D eigenvalue weighted by molar-refractivity contribution is 7.90. The summed E-state index contributed by atoms with van der Waals surface area (Å²) in [5.41, 5.74) is 2.25. The second-order valence-electron chi connectivity index (χ2n) is 10.6. The van der Waals surface area contributed by atoms with Gasteiger partial charge in [0.1, 0.15) is 18.3 Å². The fraction of sp³-hybridized carbons (Fsp3) is 0.500. The number of hydrogen-bond acceptors (Lipinski definition) is 5. The third-order valence-electron chi connectivity index (χ3n) is 6.02. The Hall–Kier alpha value is -3.11. The number of ether oxygens (including phenoxy) is 1. The first-order valence-electron chi connectivity index (χ1n) is 12.6. The minimum Gasteiger partial charge on any atom is -0.497 e. The molecule has 0 saturated carbocycles. The number of aryl methyl sites for hydroxylation is 2. The monoisotopic (exact) mass is 546 g/mol. The van der Waals surface area contributed by atoms with Crippen LogP contribution >= 0.6 is 0 Å². The Morgan fingerprint density at radius 1 is 1.05 bits per heavy atom. The first-order chi connectivity index (χ1) is 17.6. The zero-order chi connectivity index (χ0) is 28.8. The Bertz CT molecular complexity index is 1240. The number of carbonyl (C=O) groups excluding carboxylic acids is 2. The van der Waals surface area contributed by atoms with E-state index < -0.39 is 34.2 Å². The zero-order valence-electron chi connectivity index (χ0n) is 24.0. The highest BCUT2D eigenvalue weighted by Gasteiger charge is 2.35. The van der Waals surface area contributed by atoms with Gasteiger partial charge < -0.3 is 15.0 Å². The van der Waals surface area contributed by atoms with Crippen molar-refractivity contribution >= 4 is 27.7 Å². The molecule has 0 saturated heterocycles. The lowest BCUT2D eigenvalue weighted by atomic mass is 10.1. The molecule has 0 bridgehead atoms. The molecule has 2 amide bonds. The van der Waals surface area contributed by atoms with Crippen molar-refractivity contribution < 1.29 is 22.7 Å². The SMILES string of the molecule is CC[C@@H](C(=O)NC(C)(C)C)N(Cc1cccc(OC)c1)C(=O)CN(c1cc(C)ccc1C)S(=O)(=O)N(C)C. The molecular weight excluding hydrogens is 504 g/mol. The van der Waals surface area contributed by atoms with Crippen LogP contribution in [0.1, 0.15) is 50.8 Å². The largest absolute Gasteiger partial charge is 0.497 e. The molecule has 0 aliphatic heterocycles. The van der Waals surface area contributed by atoms with Gasteiger partial charge in [-0.25, -0.2) is 4.31 Å². The van der Waals surface area contributed by atoms with Crippen LogP contribution in [-0.2, 0) is 26.3 Å². The number of nitrogens with zero attached hydrogens (tertiary/aromatic N) is 3. The molecule has 2 rings (SSSR count). The summed E-state index contributed by atoms with van der Waals surface area (Å²) in [5, 5.41) is 2.97. The molecule has 0 radical (unpaired) electrons. The van der Waals surface area contributed by atoms with Crippen LogP contribution in [0.4, 0.5) is 5.69 Å². The first kappa shape index (κ1) is 31.1. The van der Waals surface area contributed by atoms with Gasteiger partial charge in [-0.05, 0) is 75.9 Å². The molecule has 0 aliphatic rings. The Morgan fingerprint density at radius 3 is 2.26 bits per heavy atom. The number of hydrogen-bond donors (Lipinski definition) is 1. The number of nitrogens with one attached hydrogen (secondary N) is 1. The molecule has 1 atom stereocenters. The Kier molecular flexibility index (Phi) is 10.3. The van der Waals surface area contributed by atoms with Gasteiger partial charge in [0.15, 0.2) is 0 Å². The average Bonchev–Trinajstić information content (AvgIpc) is 2.82. The summed E-state index contributed by atoms with van der Waals surface area (Å²) < 4.78 is 34.4. The summed E-state index contributed by atoms with van der Waals surface area (Å²) in [7, 11) is 0.387. The third-order valence-corrected chi connectivity index (χ3v) is 7.83. The Morgan fingerprint density at radius 2 is 1.71 bits per heavy atom. The number of anilines is 1. The lowest BCUT2D eigenvalue weighted by Crippen LogP contribution is -2.55. The molecule has 1 N–H and O–H groups in total. The number of rotatable bonds is 11. The quantitative estimate of drug-likeness (QED) is 0.464. The normalized spacial score (nSPS) is 12.7. The van der Waals surface area contributed by atoms with Gasteiger partial charge in [-0.1, -0.05) is 31.2 Å².